The van der Waals surface area contributed by atoms with Crippen LogP contribution in [0.1, 0.15) is 0 Å². The summed E-state index contributed by atoms with van der Waals surface area (Å²) in [5.74, 6) is -19.2. The fourth-order valence-corrected chi connectivity index (χ4v) is 2.42. The molecule has 2 unspecified atom stereocenters. The summed E-state index contributed by atoms with van der Waals surface area (Å²) in [6, 6.07) is 0. The van der Waals surface area contributed by atoms with Gasteiger partial charge in [-0.05, 0) is 0 Å². The molecule has 0 nitrogen and oxygen atoms in total. The highest BCUT2D eigenvalue weighted by Crippen LogP contribution is 2.65. The number of alkyl halides is 16. The second-order valence-corrected chi connectivity index (χ2v) is 8.43. The Morgan fingerprint density at radius 3 is 0.870 bits per heavy atom. The highest BCUT2D eigenvalue weighted by molar-refractivity contribution is 6.68. The quantitative estimate of drug-likeness (QED) is 0.276. The lowest BCUT2D eigenvalue weighted by Gasteiger charge is -2.43. The Bertz CT molecular complexity index is 410. The van der Waals surface area contributed by atoms with E-state index in [0.717, 1.165) is 0 Å². The van der Waals surface area contributed by atoms with Crippen LogP contribution in [0.4, 0.5) is 39.5 Å². The van der Waals surface area contributed by atoms with Crippen LogP contribution in [0.15, 0.2) is 0 Å². The third kappa shape index (κ3) is 3.49. The van der Waals surface area contributed by atoms with Crippen LogP contribution < -0.4 is 0 Å². The van der Waals surface area contributed by atoms with Crippen LogP contribution in [0.2, 0.25) is 0 Å². The average molecular weight is 503 g/mol. The van der Waals surface area contributed by atoms with E-state index in [9.17, 15) is 39.5 Å². The van der Waals surface area contributed by atoms with Crippen molar-refractivity contribution >= 4 is 81.2 Å². The molecule has 0 saturated carbocycles. The van der Waals surface area contributed by atoms with Crippen molar-refractivity contribution < 1.29 is 39.5 Å². The van der Waals surface area contributed by atoms with E-state index >= 15 is 0 Å². The van der Waals surface area contributed by atoms with Gasteiger partial charge in [0.25, 0.3) is 3.79 Å². The molecule has 0 aliphatic heterocycles. The number of rotatable bonds is 5. The SMILES string of the molecule is FC(Cl)(Cl)C(F)(F)C(F)(Cl)C(F)(F)C(F)(Cl)C(F)(F)C(Cl)(Cl)Cl. The van der Waals surface area contributed by atoms with Crippen LogP contribution in [0, 0.1) is 0 Å². The molecule has 0 bridgehead atoms. The second-order valence-electron chi connectivity index (χ2n) is 3.87. The molecule has 23 heavy (non-hydrogen) atoms. The van der Waals surface area contributed by atoms with Gasteiger partial charge < -0.3 is 0 Å². The highest BCUT2D eigenvalue weighted by atomic mass is 35.6. The van der Waals surface area contributed by atoms with Crippen LogP contribution >= 0.6 is 81.2 Å². The molecule has 2 atom stereocenters. The van der Waals surface area contributed by atoms with E-state index in [2.05, 4.69) is 81.2 Å². The molecule has 0 aromatic heterocycles. The molecule has 16 heteroatoms. The van der Waals surface area contributed by atoms with Gasteiger partial charge in [-0.15, -0.1) is 0 Å². The van der Waals surface area contributed by atoms with Crippen LogP contribution in [0.5, 0.6) is 0 Å². The van der Waals surface area contributed by atoms with Crippen LogP contribution in [-0.2, 0) is 0 Å². The van der Waals surface area contributed by atoms with Gasteiger partial charge in [0, 0.05) is 0 Å². The Labute approximate surface area is 157 Å². The van der Waals surface area contributed by atoms with E-state index < -0.39 is 36.4 Å². The van der Waals surface area contributed by atoms with Crippen molar-refractivity contribution in [3.63, 3.8) is 0 Å². The molecule has 0 radical (unpaired) electrons. The lowest BCUT2D eigenvalue weighted by atomic mass is 9.98. The highest BCUT2D eigenvalue weighted by Gasteiger charge is 2.88. The van der Waals surface area contributed by atoms with Crippen molar-refractivity contribution in [2.75, 3.05) is 0 Å². The van der Waals surface area contributed by atoms with E-state index in [1.807, 2.05) is 0 Å². The first-order valence-electron chi connectivity index (χ1n) is 4.52. The fraction of sp³-hybridized carbons (Fsp3) is 1.00. The summed E-state index contributed by atoms with van der Waals surface area (Å²) in [7, 11) is 0. The third-order valence-corrected chi connectivity index (χ3v) is 4.43. The van der Waals surface area contributed by atoms with Crippen LogP contribution in [-0.4, -0.2) is 36.4 Å². The van der Waals surface area contributed by atoms with Gasteiger partial charge in [0.1, 0.15) is 0 Å². The minimum absolute atomic E-state index is 4.08. The van der Waals surface area contributed by atoms with Crippen molar-refractivity contribution in [1.29, 1.82) is 0 Å². The molecular weight excluding hydrogens is 503 g/mol. The summed E-state index contributed by atoms with van der Waals surface area (Å²) in [4.78, 5) is 0. The van der Waals surface area contributed by atoms with E-state index in [0.29, 0.717) is 0 Å². The molecule has 0 fully saturated rings. The molecule has 0 saturated heterocycles. The predicted molar refractivity (Wildman–Crippen MR) is 70.1 cm³/mol. The molecule has 0 aromatic rings. The molecule has 0 aromatic carbocycles. The van der Waals surface area contributed by atoms with Crippen LogP contribution in [0.25, 0.3) is 0 Å². The summed E-state index contributed by atoms with van der Waals surface area (Å²) >= 11 is 30.0. The minimum atomic E-state index is -6.79. The van der Waals surface area contributed by atoms with Crippen molar-refractivity contribution in [2.45, 2.75) is 36.4 Å². The van der Waals surface area contributed by atoms with Gasteiger partial charge >= 0.3 is 32.6 Å². The van der Waals surface area contributed by atoms with Gasteiger partial charge in [-0.25, -0.2) is 13.2 Å². The Kier molecular flexibility index (Phi) is 6.61. The average Bonchev–Trinajstić information content (AvgIpc) is 2.24. The van der Waals surface area contributed by atoms with E-state index in [4.69, 9.17) is 0 Å². The predicted octanol–water partition coefficient (Wildman–Crippen LogP) is 7.17. The Hall–Kier alpha value is 1.40. The maximum atomic E-state index is 13.7. The fourth-order valence-electron chi connectivity index (χ4n) is 0.948. The first-order chi connectivity index (χ1) is 9.50. The second kappa shape index (κ2) is 6.23. The summed E-state index contributed by atoms with van der Waals surface area (Å²) in [5, 5.41) is -12.5. The number of halogens is 16. The zero-order valence-corrected chi connectivity index (χ0v) is 14.8. The first kappa shape index (κ1) is 24.4. The van der Waals surface area contributed by atoms with Crippen molar-refractivity contribution in [1.82, 2.24) is 0 Å². The summed E-state index contributed by atoms with van der Waals surface area (Å²) in [5.41, 5.74) is 0. The van der Waals surface area contributed by atoms with Crippen molar-refractivity contribution in [3.8, 4) is 0 Å². The van der Waals surface area contributed by atoms with Gasteiger partial charge in [0.15, 0.2) is 0 Å². The zero-order valence-electron chi connectivity index (χ0n) is 9.55. The summed E-state index contributed by atoms with van der Waals surface area (Å²) < 4.78 is 111. The zero-order chi connectivity index (χ0) is 19.5. The molecule has 0 N–H and O–H groups in total. The molecule has 0 aliphatic carbocycles. The summed E-state index contributed by atoms with van der Waals surface area (Å²) in [6.45, 7) is 0. The standard InChI is InChI=1S/C7Cl7F9/c8-1(15,4(19,20)6(10,11)12)3(17,18)2(9,16)5(21,22)7(13,14)23. The Morgan fingerprint density at radius 1 is 0.391 bits per heavy atom. The number of hydrogen-bond acceptors (Lipinski definition) is 0. The summed E-state index contributed by atoms with van der Waals surface area (Å²) in [6.07, 6.45) is 0. The maximum Gasteiger partial charge on any atom is 0.362 e. The van der Waals surface area contributed by atoms with Gasteiger partial charge in [0.05, 0.1) is 0 Å². The van der Waals surface area contributed by atoms with Gasteiger partial charge in [-0.2, -0.15) is 26.3 Å². The monoisotopic (exact) mass is 500 g/mol. The Morgan fingerprint density at radius 2 is 0.652 bits per heavy atom. The van der Waals surface area contributed by atoms with E-state index in [-0.39, 0.29) is 0 Å². The lowest BCUT2D eigenvalue weighted by Crippen LogP contribution is -2.70. The molecule has 0 amide bonds. The van der Waals surface area contributed by atoms with Crippen molar-refractivity contribution in [3.05, 3.63) is 0 Å². The maximum absolute atomic E-state index is 13.7. The topological polar surface area (TPSA) is 0 Å². The smallest absolute Gasteiger partial charge is 0.212 e. The Balaban J connectivity index is 6.37. The van der Waals surface area contributed by atoms with Gasteiger partial charge in [0.2, 0.25) is 0 Å². The van der Waals surface area contributed by atoms with E-state index in [1.54, 1.807) is 0 Å². The minimum Gasteiger partial charge on any atom is -0.212 e. The largest absolute Gasteiger partial charge is 0.362 e. The van der Waals surface area contributed by atoms with Crippen LogP contribution in [0.3, 0.4) is 0 Å². The van der Waals surface area contributed by atoms with Gasteiger partial charge in [-0.1, -0.05) is 81.2 Å². The molecule has 140 valence electrons. The molecule has 0 aliphatic rings. The normalized spacial score (nSPS) is 20.9. The van der Waals surface area contributed by atoms with Crippen molar-refractivity contribution in [2.24, 2.45) is 0 Å². The molecule has 0 spiro atoms. The lowest BCUT2D eigenvalue weighted by molar-refractivity contribution is -0.287. The third-order valence-electron chi connectivity index (χ3n) is 2.29. The van der Waals surface area contributed by atoms with E-state index in [1.165, 1.54) is 0 Å². The number of hydrogen-bond donors (Lipinski definition) is 0. The molecule has 0 heterocycles. The first-order valence-corrected chi connectivity index (χ1v) is 7.17. The molecular formula is C7Cl7F9. The molecule has 0 rings (SSSR count). The van der Waals surface area contributed by atoms with Gasteiger partial charge in [-0.3, -0.25) is 0 Å².